The fourth-order valence-corrected chi connectivity index (χ4v) is 1.89. The van der Waals surface area contributed by atoms with Crippen molar-refractivity contribution in [2.24, 2.45) is 0 Å². The number of aromatic nitrogens is 3. The third kappa shape index (κ3) is 2.95. The van der Waals surface area contributed by atoms with Gasteiger partial charge in [-0.1, -0.05) is 22.9 Å². The summed E-state index contributed by atoms with van der Waals surface area (Å²) in [4.78, 5) is 21.4. The predicted octanol–water partition coefficient (Wildman–Crippen LogP) is 1.50. The Labute approximate surface area is 106 Å². The average molecular weight is 273 g/mol. The van der Waals surface area contributed by atoms with Gasteiger partial charge in [-0.2, -0.15) is 4.98 Å². The van der Waals surface area contributed by atoms with Crippen molar-refractivity contribution in [3.05, 3.63) is 32.0 Å². The lowest BCUT2D eigenvalue weighted by atomic mass is 10.4. The molecule has 2 rings (SSSR count). The van der Waals surface area contributed by atoms with Crippen LogP contribution in [0.1, 0.15) is 5.69 Å². The number of thiazole rings is 1. The van der Waals surface area contributed by atoms with E-state index in [0.717, 1.165) is 17.0 Å². The van der Waals surface area contributed by atoms with E-state index in [1.54, 1.807) is 5.38 Å². The van der Waals surface area contributed by atoms with Gasteiger partial charge in [0, 0.05) is 11.1 Å². The summed E-state index contributed by atoms with van der Waals surface area (Å²) in [5.41, 5.74) is 0.772. The molecule has 2 heterocycles. The van der Waals surface area contributed by atoms with Gasteiger partial charge in [-0.05, 0) is 0 Å². The summed E-state index contributed by atoms with van der Waals surface area (Å²) in [5.74, 6) is 0.463. The summed E-state index contributed by atoms with van der Waals surface area (Å²) in [6.45, 7) is 0.429. The van der Waals surface area contributed by atoms with Crippen molar-refractivity contribution >= 4 is 28.8 Å². The van der Waals surface area contributed by atoms with E-state index in [9.17, 15) is 4.79 Å². The van der Waals surface area contributed by atoms with Crippen LogP contribution in [-0.4, -0.2) is 22.1 Å². The molecule has 0 amide bonds. The van der Waals surface area contributed by atoms with E-state index < -0.39 is 0 Å². The highest BCUT2D eigenvalue weighted by atomic mass is 35.5. The number of rotatable bonds is 4. The van der Waals surface area contributed by atoms with Crippen LogP contribution in [0.5, 0.6) is 6.01 Å². The molecular weight excluding hydrogens is 264 g/mol. The van der Waals surface area contributed by atoms with Crippen LogP contribution in [-0.2, 0) is 6.54 Å². The zero-order valence-electron chi connectivity index (χ0n) is 8.86. The van der Waals surface area contributed by atoms with Crippen molar-refractivity contribution in [3.8, 4) is 6.01 Å². The number of hydrogen-bond donors (Lipinski definition) is 2. The first-order valence-corrected chi connectivity index (χ1v) is 5.92. The third-order valence-electron chi connectivity index (χ3n) is 1.92. The molecule has 0 aliphatic rings. The highest BCUT2D eigenvalue weighted by molar-refractivity contribution is 7.07. The predicted molar refractivity (Wildman–Crippen MR) is 65.9 cm³/mol. The van der Waals surface area contributed by atoms with Crippen LogP contribution in [0.3, 0.4) is 0 Å². The Morgan fingerprint density at radius 3 is 3.12 bits per heavy atom. The van der Waals surface area contributed by atoms with E-state index >= 15 is 0 Å². The third-order valence-corrected chi connectivity index (χ3v) is 2.92. The van der Waals surface area contributed by atoms with Gasteiger partial charge in [-0.25, -0.2) is 4.98 Å². The molecule has 90 valence electrons. The van der Waals surface area contributed by atoms with Crippen LogP contribution < -0.4 is 14.9 Å². The summed E-state index contributed by atoms with van der Waals surface area (Å²) < 4.78 is 4.89. The Kier molecular flexibility index (Phi) is 3.60. The Hall–Kier alpha value is -1.60. The highest BCUT2D eigenvalue weighted by Crippen LogP contribution is 2.20. The van der Waals surface area contributed by atoms with Gasteiger partial charge in [0.2, 0.25) is 0 Å². The van der Waals surface area contributed by atoms with Crippen LogP contribution in [0.2, 0.25) is 5.02 Å². The van der Waals surface area contributed by atoms with Crippen molar-refractivity contribution in [2.45, 2.75) is 6.54 Å². The van der Waals surface area contributed by atoms with Crippen molar-refractivity contribution in [2.75, 3.05) is 12.4 Å². The topological polar surface area (TPSA) is 79.9 Å². The van der Waals surface area contributed by atoms with Gasteiger partial charge in [0.05, 0.1) is 19.9 Å². The van der Waals surface area contributed by atoms with Gasteiger partial charge in [0.25, 0.3) is 0 Å². The van der Waals surface area contributed by atoms with Crippen LogP contribution in [0.25, 0.3) is 0 Å². The molecule has 0 aliphatic heterocycles. The lowest BCUT2D eigenvalue weighted by Crippen LogP contribution is -2.05. The maximum atomic E-state index is 10.9. The van der Waals surface area contributed by atoms with Crippen LogP contribution in [0.4, 0.5) is 5.82 Å². The molecular formula is C9H9ClN4O2S. The zero-order chi connectivity index (χ0) is 12.3. The summed E-state index contributed by atoms with van der Waals surface area (Å²) in [7, 11) is 1.48. The van der Waals surface area contributed by atoms with Gasteiger partial charge < -0.3 is 15.0 Å². The molecule has 0 aliphatic carbocycles. The molecule has 0 unspecified atom stereocenters. The van der Waals surface area contributed by atoms with Crippen molar-refractivity contribution < 1.29 is 4.74 Å². The Morgan fingerprint density at radius 1 is 1.65 bits per heavy atom. The molecule has 0 bridgehead atoms. The first-order valence-electron chi connectivity index (χ1n) is 4.66. The molecule has 2 N–H and O–H groups in total. The molecule has 0 aromatic carbocycles. The number of hydrogen-bond acceptors (Lipinski definition) is 6. The Bertz CT molecular complexity index is 568. The van der Waals surface area contributed by atoms with E-state index in [0.29, 0.717) is 17.4 Å². The molecule has 0 saturated heterocycles. The van der Waals surface area contributed by atoms with Crippen LogP contribution in [0, 0.1) is 0 Å². The molecule has 0 atom stereocenters. The maximum Gasteiger partial charge on any atom is 0.318 e. The minimum atomic E-state index is -0.0897. The van der Waals surface area contributed by atoms with E-state index in [1.807, 2.05) is 0 Å². The van der Waals surface area contributed by atoms with Gasteiger partial charge in [-0.3, -0.25) is 4.79 Å². The second-order valence-electron chi connectivity index (χ2n) is 3.08. The van der Waals surface area contributed by atoms with Crippen LogP contribution in [0.15, 0.2) is 16.4 Å². The Morgan fingerprint density at radius 2 is 2.47 bits per heavy atom. The molecule has 2 aromatic rings. The molecule has 0 spiro atoms. The molecule has 17 heavy (non-hydrogen) atoms. The number of nitrogens with zero attached hydrogens (tertiary/aromatic N) is 2. The first-order chi connectivity index (χ1) is 8.19. The normalized spacial score (nSPS) is 10.2. The quantitative estimate of drug-likeness (QED) is 0.882. The molecule has 0 saturated carbocycles. The number of H-pyrrole nitrogens is 1. The summed E-state index contributed by atoms with van der Waals surface area (Å²) in [5, 5.41) is 5.12. The number of anilines is 1. The minimum Gasteiger partial charge on any atom is -0.467 e. The van der Waals surface area contributed by atoms with E-state index in [1.165, 1.54) is 13.3 Å². The zero-order valence-corrected chi connectivity index (χ0v) is 10.4. The largest absolute Gasteiger partial charge is 0.467 e. The molecule has 2 aromatic heterocycles. The minimum absolute atomic E-state index is 0.0897. The molecule has 0 radical (unpaired) electrons. The van der Waals surface area contributed by atoms with Crippen molar-refractivity contribution in [1.29, 1.82) is 0 Å². The van der Waals surface area contributed by atoms with Gasteiger partial charge in [0.1, 0.15) is 5.02 Å². The number of nitrogens with one attached hydrogen (secondary N) is 2. The number of ether oxygens (including phenoxy) is 1. The van der Waals surface area contributed by atoms with Gasteiger partial charge in [0.15, 0.2) is 5.82 Å². The first kappa shape index (κ1) is 11.9. The monoisotopic (exact) mass is 272 g/mol. The summed E-state index contributed by atoms with van der Waals surface area (Å²) >= 11 is 7.02. The average Bonchev–Trinajstić information content (AvgIpc) is 2.74. The van der Waals surface area contributed by atoms with Crippen molar-refractivity contribution in [1.82, 2.24) is 15.0 Å². The smallest absolute Gasteiger partial charge is 0.318 e. The Balaban J connectivity index is 2.10. The molecule has 6 nitrogen and oxygen atoms in total. The van der Waals surface area contributed by atoms with Gasteiger partial charge in [-0.15, -0.1) is 0 Å². The molecule has 8 heteroatoms. The van der Waals surface area contributed by atoms with E-state index in [4.69, 9.17) is 16.3 Å². The van der Waals surface area contributed by atoms with Crippen LogP contribution >= 0.6 is 22.9 Å². The lowest BCUT2D eigenvalue weighted by molar-refractivity contribution is 0.380. The second kappa shape index (κ2) is 5.15. The second-order valence-corrected chi connectivity index (χ2v) is 4.33. The maximum absolute atomic E-state index is 10.9. The summed E-state index contributed by atoms with van der Waals surface area (Å²) in [6.07, 6.45) is 1.45. The number of aromatic amines is 1. The highest BCUT2D eigenvalue weighted by Gasteiger charge is 2.05. The standard InChI is InChI=1S/C9H9ClN4O2S/c1-16-8-12-3-6(10)7(14-8)11-2-5-4-17-9(15)13-5/h3-4H,2H2,1H3,(H,13,15)(H,11,12,14). The van der Waals surface area contributed by atoms with E-state index in [-0.39, 0.29) is 10.9 Å². The number of halogens is 1. The van der Waals surface area contributed by atoms with Gasteiger partial charge >= 0.3 is 10.9 Å². The lowest BCUT2D eigenvalue weighted by Gasteiger charge is -2.06. The number of methoxy groups -OCH3 is 1. The summed E-state index contributed by atoms with van der Waals surface area (Å²) in [6, 6.07) is 0.232. The van der Waals surface area contributed by atoms with E-state index in [2.05, 4.69) is 20.3 Å². The fourth-order valence-electron chi connectivity index (χ4n) is 1.15. The molecule has 0 fully saturated rings. The van der Waals surface area contributed by atoms with Crippen molar-refractivity contribution in [3.63, 3.8) is 0 Å². The fraction of sp³-hybridized carbons (Fsp3) is 0.222. The SMILES string of the molecule is COc1ncc(Cl)c(NCc2csc(=O)[nH]2)n1.